The Labute approximate surface area is 382 Å². The maximum atomic E-state index is 16.0. The van der Waals surface area contributed by atoms with Gasteiger partial charge >= 0.3 is 0 Å². The largest absolute Gasteiger partial charge is 0.384 e. The summed E-state index contributed by atoms with van der Waals surface area (Å²) in [4.78, 5) is 64.1. The van der Waals surface area contributed by atoms with E-state index in [0.29, 0.717) is 87.0 Å². The normalized spacial score (nSPS) is 19.8. The number of imide groups is 1. The molecule has 0 bridgehead atoms. The maximum Gasteiger partial charge on any atom is 0.260 e. The molecule has 66 heavy (non-hydrogen) atoms. The van der Waals surface area contributed by atoms with E-state index in [1.54, 1.807) is 22.9 Å². The van der Waals surface area contributed by atoms with Crippen LogP contribution in [0.25, 0.3) is 22.3 Å². The Morgan fingerprint density at radius 1 is 0.864 bits per heavy atom. The number of piperidine rings is 2. The molecule has 5 aliphatic heterocycles. The number of amides is 3. The van der Waals surface area contributed by atoms with Gasteiger partial charge in [-0.2, -0.15) is 0 Å². The highest BCUT2D eigenvalue weighted by atomic mass is 19.1. The van der Waals surface area contributed by atoms with Crippen molar-refractivity contribution >= 4 is 51.4 Å². The number of anilines is 3. The maximum absolute atomic E-state index is 16.0. The lowest BCUT2D eigenvalue weighted by Crippen LogP contribution is -2.49. The molecule has 3 saturated heterocycles. The molecule has 3 fully saturated rings. The lowest BCUT2D eigenvalue weighted by Gasteiger charge is -2.39. The van der Waals surface area contributed by atoms with Gasteiger partial charge in [0.05, 0.1) is 11.4 Å². The molecule has 8 heterocycles. The lowest BCUT2D eigenvalue weighted by atomic mass is 9.92. The van der Waals surface area contributed by atoms with E-state index in [0.717, 1.165) is 90.4 Å². The van der Waals surface area contributed by atoms with E-state index in [9.17, 15) is 19.2 Å². The molecular weight excluding hydrogens is 843 g/mol. The van der Waals surface area contributed by atoms with Gasteiger partial charge < -0.3 is 25.0 Å². The van der Waals surface area contributed by atoms with Crippen LogP contribution in [0.1, 0.15) is 64.8 Å². The molecule has 3 aromatic heterocycles. The SMILES string of the molecule is Cc1cc(C(=O)N2CCC(CN3CCN(c4ccc(NC5CCC(=O)NC5=O)cc4F)CC3)CC2)cc(F)c1C1=CCN(Cc2cc3c(-n4ccc5c(c4=O)CCN5)ccnc3n2C)CC1. The van der Waals surface area contributed by atoms with Gasteiger partial charge in [-0.25, -0.2) is 13.8 Å². The molecule has 1 atom stereocenters. The third-order valence-electron chi connectivity index (χ3n) is 14.3. The molecule has 0 saturated carbocycles. The van der Waals surface area contributed by atoms with Crippen LogP contribution in [0, 0.1) is 24.5 Å². The van der Waals surface area contributed by atoms with E-state index in [1.807, 2.05) is 43.3 Å². The van der Waals surface area contributed by atoms with Crippen molar-refractivity contribution < 1.29 is 23.2 Å². The van der Waals surface area contributed by atoms with Gasteiger partial charge in [0.15, 0.2) is 0 Å². The molecule has 3 amide bonds. The minimum Gasteiger partial charge on any atom is -0.384 e. The number of carbonyl (C=O) groups excluding carboxylic acids is 3. The van der Waals surface area contributed by atoms with Crippen LogP contribution in [0.2, 0.25) is 0 Å². The summed E-state index contributed by atoms with van der Waals surface area (Å²) in [6, 6.07) is 13.6. The second-order valence-electron chi connectivity index (χ2n) is 18.5. The summed E-state index contributed by atoms with van der Waals surface area (Å²) in [6.07, 6.45) is 9.44. The Bertz CT molecular complexity index is 2800. The number of aromatic nitrogens is 3. The predicted molar refractivity (Wildman–Crippen MR) is 251 cm³/mol. The Morgan fingerprint density at radius 3 is 2.42 bits per heavy atom. The Kier molecular flexibility index (Phi) is 11.9. The molecule has 344 valence electrons. The molecule has 0 radical (unpaired) electrons. The number of fused-ring (bicyclic) bond motifs is 2. The first-order valence-corrected chi connectivity index (χ1v) is 23.3. The van der Waals surface area contributed by atoms with Crippen LogP contribution in [0.15, 0.2) is 71.8 Å². The summed E-state index contributed by atoms with van der Waals surface area (Å²) in [5.74, 6) is -1.10. The Hall–Kier alpha value is -6.39. The van der Waals surface area contributed by atoms with Crippen molar-refractivity contribution in [2.45, 2.75) is 58.0 Å². The predicted octanol–water partition coefficient (Wildman–Crippen LogP) is 5.46. The van der Waals surface area contributed by atoms with Crippen LogP contribution in [0.3, 0.4) is 0 Å². The number of carbonyl (C=O) groups is 3. The van der Waals surface area contributed by atoms with E-state index in [2.05, 4.69) is 52.3 Å². The zero-order chi connectivity index (χ0) is 45.6. The molecule has 2 aromatic carbocycles. The van der Waals surface area contributed by atoms with E-state index in [4.69, 9.17) is 0 Å². The highest BCUT2D eigenvalue weighted by Crippen LogP contribution is 2.32. The molecular formula is C50H56F2N10O4. The fourth-order valence-electron chi connectivity index (χ4n) is 10.6. The molecule has 5 aliphatic rings. The molecule has 0 aliphatic carbocycles. The molecule has 3 N–H and O–H groups in total. The van der Waals surface area contributed by atoms with Gasteiger partial charge in [-0.15, -0.1) is 0 Å². The fraction of sp³-hybridized carbons (Fsp3) is 0.420. The van der Waals surface area contributed by atoms with Gasteiger partial charge in [0.25, 0.3) is 11.5 Å². The number of halogens is 2. The number of benzene rings is 2. The topological polar surface area (TPSA) is 140 Å². The van der Waals surface area contributed by atoms with Gasteiger partial charge in [0, 0.05) is 137 Å². The van der Waals surface area contributed by atoms with Crippen LogP contribution in [-0.2, 0) is 29.6 Å². The van der Waals surface area contributed by atoms with E-state index in [-0.39, 0.29) is 35.4 Å². The number of hydrogen-bond donors (Lipinski definition) is 3. The van der Waals surface area contributed by atoms with Crippen molar-refractivity contribution in [1.29, 1.82) is 0 Å². The minimum atomic E-state index is -0.571. The monoisotopic (exact) mass is 898 g/mol. The van der Waals surface area contributed by atoms with E-state index >= 15 is 8.78 Å². The summed E-state index contributed by atoms with van der Waals surface area (Å²) >= 11 is 0. The quantitative estimate of drug-likeness (QED) is 0.155. The molecule has 10 rings (SSSR count). The summed E-state index contributed by atoms with van der Waals surface area (Å²) in [5, 5.41) is 9.57. The zero-order valence-electron chi connectivity index (χ0n) is 37.5. The van der Waals surface area contributed by atoms with Crippen molar-refractivity contribution in [3.63, 3.8) is 0 Å². The minimum absolute atomic E-state index is 0.00451. The smallest absolute Gasteiger partial charge is 0.260 e. The molecule has 0 spiro atoms. The first-order chi connectivity index (χ1) is 32.0. The van der Waals surface area contributed by atoms with Crippen LogP contribution in [0.5, 0.6) is 0 Å². The second kappa shape index (κ2) is 18.1. The van der Waals surface area contributed by atoms with Crippen molar-refractivity contribution in [3.8, 4) is 5.69 Å². The van der Waals surface area contributed by atoms with E-state index < -0.39 is 11.9 Å². The Morgan fingerprint density at radius 2 is 1.68 bits per heavy atom. The van der Waals surface area contributed by atoms with E-state index in [1.165, 1.54) is 12.1 Å². The van der Waals surface area contributed by atoms with Crippen LogP contribution in [0.4, 0.5) is 25.8 Å². The number of pyridine rings is 2. The summed E-state index contributed by atoms with van der Waals surface area (Å²) in [7, 11) is 2.00. The van der Waals surface area contributed by atoms with Crippen molar-refractivity contribution in [2.75, 3.05) is 81.0 Å². The average molecular weight is 899 g/mol. The van der Waals surface area contributed by atoms with Crippen LogP contribution in [-0.4, -0.2) is 118 Å². The Balaban J connectivity index is 0.706. The molecule has 16 heteroatoms. The van der Waals surface area contributed by atoms with Gasteiger partial charge in [-0.3, -0.25) is 38.9 Å². The average Bonchev–Trinajstić information content (AvgIpc) is 3.93. The number of rotatable bonds is 10. The van der Waals surface area contributed by atoms with Crippen molar-refractivity contribution in [2.24, 2.45) is 13.0 Å². The highest BCUT2D eigenvalue weighted by Gasteiger charge is 2.30. The van der Waals surface area contributed by atoms with Gasteiger partial charge in [-0.1, -0.05) is 6.08 Å². The summed E-state index contributed by atoms with van der Waals surface area (Å²) < 4.78 is 35.1. The first kappa shape index (κ1) is 43.5. The summed E-state index contributed by atoms with van der Waals surface area (Å²) in [5.41, 5.74) is 8.14. The lowest BCUT2D eigenvalue weighted by molar-refractivity contribution is -0.133. The van der Waals surface area contributed by atoms with Crippen molar-refractivity contribution in [1.82, 2.24) is 34.1 Å². The molecule has 14 nitrogen and oxygen atoms in total. The van der Waals surface area contributed by atoms with Gasteiger partial charge in [-0.05, 0) is 105 Å². The van der Waals surface area contributed by atoms with Crippen molar-refractivity contribution in [3.05, 3.63) is 117 Å². The first-order valence-electron chi connectivity index (χ1n) is 23.3. The third kappa shape index (κ3) is 8.59. The summed E-state index contributed by atoms with van der Waals surface area (Å²) in [6.45, 7) is 9.87. The number of piperazine rings is 1. The van der Waals surface area contributed by atoms with Gasteiger partial charge in [0.1, 0.15) is 23.3 Å². The third-order valence-corrected chi connectivity index (χ3v) is 14.3. The molecule has 5 aromatic rings. The standard InChI is InChI=1S/C50H56F2N10O4/c1-31-25-34(49(65)61-18-9-32(10-19-61)29-59-21-23-60(24-22-59)44-5-3-35(27-39(44)51)55-42-4-6-45(63)56-48(42)64)26-40(52)46(31)33-11-16-58(17-12-33)30-36-28-38-43(8-15-54-47(38)57(36)2)62-20-13-41-37(50(62)66)7-14-53-41/h3,5,8,11,13,15,20,25-28,32,42,53,55H,4,6-7,9-10,12,14,16-19,21-24,29-30H2,1-2H3,(H,56,63,64). The molecule has 1 unspecified atom stereocenters. The highest BCUT2D eigenvalue weighted by molar-refractivity contribution is 6.01. The van der Waals surface area contributed by atoms with Crippen LogP contribution >= 0.6 is 0 Å². The number of aryl methyl sites for hydroxylation is 2. The zero-order valence-corrected chi connectivity index (χ0v) is 37.5. The number of hydrogen-bond acceptors (Lipinski definition) is 10. The number of likely N-dealkylation sites (tertiary alicyclic amines) is 1. The fourth-order valence-corrected chi connectivity index (χ4v) is 10.6. The van der Waals surface area contributed by atoms with Crippen LogP contribution < -0.4 is 26.4 Å². The number of nitrogens with one attached hydrogen (secondary N) is 3. The number of nitrogens with zero attached hydrogens (tertiary/aromatic N) is 7. The van der Waals surface area contributed by atoms with Gasteiger partial charge in [0.2, 0.25) is 11.8 Å². The second-order valence-corrected chi connectivity index (χ2v) is 18.5.